The Bertz CT molecular complexity index is 817. The lowest BCUT2D eigenvalue weighted by Gasteiger charge is -2.61. The van der Waals surface area contributed by atoms with Gasteiger partial charge in [0, 0.05) is 12.0 Å². The molecule has 1 aromatic rings. The van der Waals surface area contributed by atoms with Crippen LogP contribution in [-0.2, 0) is 4.79 Å². The van der Waals surface area contributed by atoms with Crippen molar-refractivity contribution in [2.24, 2.45) is 40.4 Å². The minimum Gasteiger partial charge on any atom is -0.393 e. The zero-order valence-corrected chi connectivity index (χ0v) is 17.8. The lowest BCUT2D eigenvalue weighted by Crippen LogP contribution is -2.57. The molecule has 4 saturated carbocycles. The summed E-state index contributed by atoms with van der Waals surface area (Å²) in [6, 6.07) is 9.43. The van der Waals surface area contributed by atoms with Gasteiger partial charge in [0.05, 0.1) is 12.0 Å². The molecular weight excluding hydrogens is 360 g/mol. The molecule has 0 spiro atoms. The fourth-order valence-electron chi connectivity index (χ4n) is 8.26. The van der Waals surface area contributed by atoms with E-state index in [1.54, 1.807) is 0 Å². The maximum Gasteiger partial charge on any atom is 0.173 e. The SMILES string of the molecule is C[C@]12CCC(=O)C(C(=O)c3ccccc3)C1CC[C@@H]1[C@H]2CC[C@]2(C)C(O)CC[C@@H]12. The maximum absolute atomic E-state index is 13.4. The van der Waals surface area contributed by atoms with Crippen LogP contribution in [0, 0.1) is 40.4 Å². The molecule has 0 aromatic heterocycles. The van der Waals surface area contributed by atoms with Crippen LogP contribution in [0.4, 0.5) is 0 Å². The molecule has 8 atom stereocenters. The van der Waals surface area contributed by atoms with E-state index in [0.717, 1.165) is 44.9 Å². The van der Waals surface area contributed by atoms with Crippen molar-refractivity contribution in [1.29, 1.82) is 0 Å². The van der Waals surface area contributed by atoms with Crippen LogP contribution in [0.1, 0.15) is 75.6 Å². The minimum atomic E-state index is -0.459. The van der Waals surface area contributed by atoms with E-state index in [-0.39, 0.29) is 34.4 Å². The lowest BCUT2D eigenvalue weighted by atomic mass is 9.43. The van der Waals surface area contributed by atoms with Crippen molar-refractivity contribution in [3.8, 4) is 0 Å². The van der Waals surface area contributed by atoms with Gasteiger partial charge in [0.1, 0.15) is 5.78 Å². The summed E-state index contributed by atoms with van der Waals surface area (Å²) in [4.78, 5) is 26.4. The van der Waals surface area contributed by atoms with Crippen molar-refractivity contribution in [2.45, 2.75) is 71.3 Å². The molecule has 0 heterocycles. The summed E-state index contributed by atoms with van der Waals surface area (Å²) in [7, 11) is 0. The molecule has 0 aliphatic heterocycles. The molecule has 3 heteroatoms. The van der Waals surface area contributed by atoms with E-state index in [2.05, 4.69) is 13.8 Å². The summed E-state index contributed by atoms with van der Waals surface area (Å²) in [5.41, 5.74) is 0.835. The molecule has 4 aliphatic rings. The van der Waals surface area contributed by atoms with Crippen molar-refractivity contribution >= 4 is 11.6 Å². The highest BCUT2D eigenvalue weighted by Gasteiger charge is 2.62. The first-order valence-corrected chi connectivity index (χ1v) is 11.7. The number of ketones is 2. The molecule has 0 radical (unpaired) electrons. The normalized spacial score (nSPS) is 46.5. The summed E-state index contributed by atoms with van der Waals surface area (Å²) < 4.78 is 0. The summed E-state index contributed by atoms with van der Waals surface area (Å²) >= 11 is 0. The fourth-order valence-corrected chi connectivity index (χ4v) is 8.26. The quantitative estimate of drug-likeness (QED) is 0.563. The number of benzene rings is 1. The van der Waals surface area contributed by atoms with Crippen LogP contribution in [0.25, 0.3) is 0 Å². The van der Waals surface area contributed by atoms with Crippen molar-refractivity contribution in [3.05, 3.63) is 35.9 Å². The molecule has 3 nitrogen and oxygen atoms in total. The second-order valence-electron chi connectivity index (χ2n) is 10.9. The highest BCUT2D eigenvalue weighted by Crippen LogP contribution is 2.66. The maximum atomic E-state index is 13.4. The largest absolute Gasteiger partial charge is 0.393 e. The number of aliphatic hydroxyl groups is 1. The number of carbonyl (C=O) groups excluding carboxylic acids is 2. The van der Waals surface area contributed by atoms with Gasteiger partial charge in [-0.1, -0.05) is 44.2 Å². The molecule has 0 amide bonds. The molecule has 0 saturated heterocycles. The average molecular weight is 395 g/mol. The number of Topliss-reactive ketones (excluding diaryl/α,β-unsaturated/α-hetero) is 2. The van der Waals surface area contributed by atoms with Gasteiger partial charge in [0.25, 0.3) is 0 Å². The fraction of sp³-hybridized carbons (Fsp3) is 0.692. The first-order valence-electron chi connectivity index (χ1n) is 11.7. The van der Waals surface area contributed by atoms with Crippen molar-refractivity contribution in [2.75, 3.05) is 0 Å². The Kier molecular flexibility index (Phi) is 4.55. The number of fused-ring (bicyclic) bond motifs is 5. The Morgan fingerprint density at radius 3 is 2.34 bits per heavy atom. The Morgan fingerprint density at radius 1 is 0.897 bits per heavy atom. The first-order chi connectivity index (χ1) is 13.9. The van der Waals surface area contributed by atoms with Crippen LogP contribution in [0.15, 0.2) is 30.3 Å². The monoisotopic (exact) mass is 394 g/mol. The molecule has 156 valence electrons. The third-order valence-electron chi connectivity index (χ3n) is 9.89. The lowest BCUT2D eigenvalue weighted by molar-refractivity contribution is -0.149. The number of carbonyl (C=O) groups is 2. The van der Waals surface area contributed by atoms with E-state index in [9.17, 15) is 14.7 Å². The molecule has 1 N–H and O–H groups in total. The van der Waals surface area contributed by atoms with Gasteiger partial charge >= 0.3 is 0 Å². The molecule has 4 aliphatic carbocycles. The number of hydrogen-bond acceptors (Lipinski definition) is 3. The van der Waals surface area contributed by atoms with Crippen molar-refractivity contribution < 1.29 is 14.7 Å². The van der Waals surface area contributed by atoms with Gasteiger partial charge < -0.3 is 5.11 Å². The number of aliphatic hydroxyl groups excluding tert-OH is 1. The summed E-state index contributed by atoms with van der Waals surface area (Å²) in [5, 5.41) is 10.7. The van der Waals surface area contributed by atoms with Gasteiger partial charge in [0.2, 0.25) is 0 Å². The van der Waals surface area contributed by atoms with Gasteiger partial charge in [-0.05, 0) is 79.4 Å². The Hall–Kier alpha value is -1.48. The first kappa shape index (κ1) is 19.5. The van der Waals surface area contributed by atoms with E-state index >= 15 is 0 Å². The second kappa shape index (κ2) is 6.77. The van der Waals surface area contributed by atoms with Crippen LogP contribution in [-0.4, -0.2) is 22.8 Å². The predicted molar refractivity (Wildman–Crippen MR) is 112 cm³/mol. The predicted octanol–water partition coefficient (Wildman–Crippen LogP) is 5.07. The van der Waals surface area contributed by atoms with Gasteiger partial charge in [-0.3, -0.25) is 9.59 Å². The molecular formula is C26H34O3. The molecule has 4 fully saturated rings. The number of hydrogen-bond donors (Lipinski definition) is 1. The molecule has 5 rings (SSSR count). The molecule has 0 bridgehead atoms. The summed E-state index contributed by atoms with van der Waals surface area (Å²) in [6.45, 7) is 4.70. The van der Waals surface area contributed by atoms with E-state index in [1.165, 1.54) is 0 Å². The van der Waals surface area contributed by atoms with Crippen LogP contribution in [0.2, 0.25) is 0 Å². The second-order valence-corrected chi connectivity index (χ2v) is 10.9. The average Bonchev–Trinajstić information content (AvgIpc) is 3.03. The van der Waals surface area contributed by atoms with E-state index in [4.69, 9.17) is 0 Å². The zero-order chi connectivity index (χ0) is 20.4. The topological polar surface area (TPSA) is 54.4 Å². The minimum absolute atomic E-state index is 0.0434. The van der Waals surface area contributed by atoms with Gasteiger partial charge in [-0.25, -0.2) is 0 Å². The molecule has 1 aromatic carbocycles. The Balaban J connectivity index is 1.47. The standard InChI is InChI=1S/C26H34O3/c1-25-15-13-21(27)23(24(29)16-6-4-3-5-7-16)20(25)9-8-17-18-10-11-22(28)26(18,2)14-12-19(17)25/h3-7,17-20,22-23,28H,8-15H2,1-2H3/t17-,18-,19+,20?,22?,23?,25+,26-/m0/s1. The third kappa shape index (κ3) is 2.72. The van der Waals surface area contributed by atoms with Crippen molar-refractivity contribution in [3.63, 3.8) is 0 Å². The highest BCUT2D eigenvalue weighted by molar-refractivity contribution is 6.11. The Morgan fingerprint density at radius 2 is 1.59 bits per heavy atom. The smallest absolute Gasteiger partial charge is 0.173 e. The van der Waals surface area contributed by atoms with Crippen LogP contribution in [0.5, 0.6) is 0 Å². The third-order valence-corrected chi connectivity index (χ3v) is 9.89. The van der Waals surface area contributed by atoms with Crippen LogP contribution in [0.3, 0.4) is 0 Å². The van der Waals surface area contributed by atoms with Gasteiger partial charge in [0.15, 0.2) is 5.78 Å². The van der Waals surface area contributed by atoms with Gasteiger partial charge in [-0.15, -0.1) is 0 Å². The Labute approximate surface area is 174 Å². The zero-order valence-electron chi connectivity index (χ0n) is 17.8. The van der Waals surface area contributed by atoms with Gasteiger partial charge in [-0.2, -0.15) is 0 Å². The van der Waals surface area contributed by atoms with E-state index in [0.29, 0.717) is 29.7 Å². The van der Waals surface area contributed by atoms with E-state index < -0.39 is 5.92 Å². The van der Waals surface area contributed by atoms with E-state index in [1.807, 2.05) is 30.3 Å². The summed E-state index contributed by atoms with van der Waals surface area (Å²) in [6.07, 6.45) is 7.74. The number of rotatable bonds is 2. The van der Waals surface area contributed by atoms with Crippen LogP contribution >= 0.6 is 0 Å². The molecule has 3 unspecified atom stereocenters. The summed E-state index contributed by atoms with van der Waals surface area (Å²) in [5.74, 6) is 1.76. The van der Waals surface area contributed by atoms with Crippen molar-refractivity contribution in [1.82, 2.24) is 0 Å². The molecule has 29 heavy (non-hydrogen) atoms. The van der Waals surface area contributed by atoms with Crippen LogP contribution < -0.4 is 0 Å². The highest BCUT2D eigenvalue weighted by atomic mass is 16.3.